The van der Waals surface area contributed by atoms with Crippen LogP contribution in [0.5, 0.6) is 0 Å². The lowest BCUT2D eigenvalue weighted by atomic mass is 9.86. The minimum absolute atomic E-state index is 0.350. The molecule has 0 radical (unpaired) electrons. The van der Waals surface area contributed by atoms with Gasteiger partial charge in [0.05, 0.1) is 18.0 Å². The number of nitrogen functional groups attached to an aromatic ring is 1. The number of rotatable bonds is 4. The lowest BCUT2D eigenvalue weighted by Gasteiger charge is -2.24. The molecule has 1 aliphatic carbocycles. The normalized spacial score (nSPS) is 15.6. The van der Waals surface area contributed by atoms with Gasteiger partial charge in [0.25, 0.3) is 0 Å². The van der Waals surface area contributed by atoms with E-state index in [1.54, 1.807) is 11.6 Å². The number of aromatic nitrogens is 2. The van der Waals surface area contributed by atoms with Gasteiger partial charge in [0.1, 0.15) is 0 Å². The topological polar surface area (TPSA) is 70.1 Å². The second-order valence-corrected chi connectivity index (χ2v) is 4.56. The molecular weight excluding hydrogens is 218 g/mol. The molecule has 1 saturated carbocycles. The van der Waals surface area contributed by atoms with Crippen LogP contribution in [0.25, 0.3) is 0 Å². The largest absolute Gasteiger partial charge is 0.461 e. The first-order valence-electron chi connectivity index (χ1n) is 6.13. The molecule has 5 heteroatoms. The van der Waals surface area contributed by atoms with Crippen molar-refractivity contribution in [2.24, 2.45) is 5.92 Å². The van der Waals surface area contributed by atoms with Crippen molar-refractivity contribution in [2.75, 3.05) is 12.3 Å². The zero-order valence-corrected chi connectivity index (χ0v) is 10.4. The van der Waals surface area contributed by atoms with Crippen molar-refractivity contribution < 1.29 is 9.53 Å². The number of esters is 1. The van der Waals surface area contributed by atoms with E-state index in [2.05, 4.69) is 5.10 Å². The van der Waals surface area contributed by atoms with Gasteiger partial charge in [-0.1, -0.05) is 6.42 Å². The van der Waals surface area contributed by atoms with Gasteiger partial charge in [-0.15, -0.1) is 0 Å². The van der Waals surface area contributed by atoms with E-state index in [0.717, 1.165) is 12.8 Å². The Bertz CT molecular complexity index is 422. The van der Waals surface area contributed by atoms with Gasteiger partial charge in [-0.3, -0.25) is 4.68 Å². The van der Waals surface area contributed by atoms with Crippen molar-refractivity contribution in [1.29, 1.82) is 0 Å². The van der Waals surface area contributed by atoms with E-state index in [4.69, 9.17) is 10.5 Å². The van der Waals surface area contributed by atoms with E-state index in [9.17, 15) is 4.79 Å². The van der Waals surface area contributed by atoms with Gasteiger partial charge < -0.3 is 10.5 Å². The van der Waals surface area contributed by atoms with Crippen LogP contribution in [0, 0.1) is 12.8 Å². The Balaban J connectivity index is 2.06. The molecule has 0 bridgehead atoms. The summed E-state index contributed by atoms with van der Waals surface area (Å²) in [6.45, 7) is 4.84. The smallest absolute Gasteiger partial charge is 0.358 e. The van der Waals surface area contributed by atoms with Crippen molar-refractivity contribution in [1.82, 2.24) is 9.78 Å². The van der Waals surface area contributed by atoms with Gasteiger partial charge in [0.2, 0.25) is 0 Å². The maximum Gasteiger partial charge on any atom is 0.358 e. The van der Waals surface area contributed by atoms with E-state index in [1.807, 2.05) is 6.92 Å². The van der Waals surface area contributed by atoms with Gasteiger partial charge in [-0.2, -0.15) is 5.10 Å². The van der Waals surface area contributed by atoms with Crippen LogP contribution in [0.3, 0.4) is 0 Å². The lowest BCUT2D eigenvalue weighted by molar-refractivity contribution is 0.0359. The zero-order chi connectivity index (χ0) is 12.4. The first-order chi connectivity index (χ1) is 8.13. The highest BCUT2D eigenvalue weighted by atomic mass is 16.5. The summed E-state index contributed by atoms with van der Waals surface area (Å²) >= 11 is 0. The maximum atomic E-state index is 11.9. The Morgan fingerprint density at radius 1 is 1.59 bits per heavy atom. The highest BCUT2D eigenvalue weighted by molar-refractivity contribution is 5.93. The molecule has 0 aromatic carbocycles. The predicted molar refractivity (Wildman–Crippen MR) is 64.7 cm³/mol. The lowest BCUT2D eigenvalue weighted by Crippen LogP contribution is -2.22. The Kier molecular flexibility index (Phi) is 3.36. The summed E-state index contributed by atoms with van der Waals surface area (Å²) in [5, 5.41) is 4.20. The molecular formula is C12H19N3O2. The van der Waals surface area contributed by atoms with Gasteiger partial charge in [0, 0.05) is 6.54 Å². The van der Waals surface area contributed by atoms with Crippen molar-refractivity contribution in [3.63, 3.8) is 0 Å². The molecule has 1 aliphatic rings. The van der Waals surface area contributed by atoms with Crippen LogP contribution in [0.4, 0.5) is 5.69 Å². The number of anilines is 1. The molecule has 1 aromatic rings. The molecule has 5 nitrogen and oxygen atoms in total. The average molecular weight is 237 g/mol. The van der Waals surface area contributed by atoms with Gasteiger partial charge in [0.15, 0.2) is 5.69 Å². The quantitative estimate of drug-likeness (QED) is 0.810. The van der Waals surface area contributed by atoms with Crippen LogP contribution >= 0.6 is 0 Å². The van der Waals surface area contributed by atoms with Crippen LogP contribution in [0.2, 0.25) is 0 Å². The van der Waals surface area contributed by atoms with Crippen LogP contribution < -0.4 is 5.73 Å². The third kappa shape index (κ3) is 2.28. The summed E-state index contributed by atoms with van der Waals surface area (Å²) in [6, 6.07) is 0. The summed E-state index contributed by atoms with van der Waals surface area (Å²) in [5.74, 6) is 0.191. The SMILES string of the molecule is CCn1nc(C)c(N)c1C(=O)OCC1CCC1. The maximum absolute atomic E-state index is 11.9. The molecule has 2 N–H and O–H groups in total. The molecule has 0 unspecified atom stereocenters. The van der Waals surface area contributed by atoms with Crippen LogP contribution in [-0.4, -0.2) is 22.4 Å². The van der Waals surface area contributed by atoms with Crippen molar-refractivity contribution in [2.45, 2.75) is 39.7 Å². The van der Waals surface area contributed by atoms with Crippen LogP contribution in [0.1, 0.15) is 42.4 Å². The fourth-order valence-electron chi connectivity index (χ4n) is 1.96. The van der Waals surface area contributed by atoms with Gasteiger partial charge >= 0.3 is 5.97 Å². The molecule has 0 saturated heterocycles. The molecule has 0 spiro atoms. The molecule has 1 heterocycles. The van der Waals surface area contributed by atoms with E-state index < -0.39 is 0 Å². The average Bonchev–Trinajstić information content (AvgIpc) is 2.52. The van der Waals surface area contributed by atoms with E-state index in [1.165, 1.54) is 6.42 Å². The molecule has 2 rings (SSSR count). The van der Waals surface area contributed by atoms with E-state index in [-0.39, 0.29) is 5.97 Å². The number of hydrogen-bond donors (Lipinski definition) is 1. The minimum Gasteiger partial charge on any atom is -0.461 e. The summed E-state index contributed by atoms with van der Waals surface area (Å²) in [4.78, 5) is 11.9. The summed E-state index contributed by atoms with van der Waals surface area (Å²) in [6.07, 6.45) is 3.57. The van der Waals surface area contributed by atoms with Gasteiger partial charge in [-0.05, 0) is 32.6 Å². The minimum atomic E-state index is -0.350. The third-order valence-electron chi connectivity index (χ3n) is 3.34. The summed E-state index contributed by atoms with van der Waals surface area (Å²) in [5.41, 5.74) is 7.36. The zero-order valence-electron chi connectivity index (χ0n) is 10.4. The van der Waals surface area contributed by atoms with E-state index >= 15 is 0 Å². The second-order valence-electron chi connectivity index (χ2n) is 4.56. The van der Waals surface area contributed by atoms with Crippen molar-refractivity contribution >= 4 is 11.7 Å². The highest BCUT2D eigenvalue weighted by Crippen LogP contribution is 2.27. The molecule has 0 aliphatic heterocycles. The molecule has 94 valence electrons. The predicted octanol–water partition coefficient (Wildman–Crippen LogP) is 1.75. The summed E-state index contributed by atoms with van der Waals surface area (Å²) in [7, 11) is 0. The number of carbonyl (C=O) groups excluding carboxylic acids is 1. The van der Waals surface area contributed by atoms with Crippen LogP contribution in [0.15, 0.2) is 0 Å². The molecule has 0 amide bonds. The second kappa shape index (κ2) is 4.77. The number of aryl methyl sites for hydroxylation is 2. The third-order valence-corrected chi connectivity index (χ3v) is 3.34. The number of ether oxygens (including phenoxy) is 1. The van der Waals surface area contributed by atoms with Gasteiger partial charge in [-0.25, -0.2) is 4.79 Å². The first-order valence-corrected chi connectivity index (χ1v) is 6.13. The molecule has 1 aromatic heterocycles. The Morgan fingerprint density at radius 2 is 2.29 bits per heavy atom. The van der Waals surface area contributed by atoms with E-state index in [0.29, 0.717) is 36.1 Å². The molecule has 0 atom stereocenters. The Morgan fingerprint density at radius 3 is 2.82 bits per heavy atom. The van der Waals surface area contributed by atoms with Crippen molar-refractivity contribution in [3.05, 3.63) is 11.4 Å². The highest BCUT2D eigenvalue weighted by Gasteiger charge is 2.23. The Labute approximate surface area is 101 Å². The number of nitrogens with two attached hydrogens (primary N) is 1. The number of carbonyl (C=O) groups is 1. The standard InChI is InChI=1S/C12H19N3O2/c1-3-15-11(10(13)8(2)14-15)12(16)17-7-9-5-4-6-9/h9H,3-7,13H2,1-2H3. The fourth-order valence-corrected chi connectivity index (χ4v) is 1.96. The summed E-state index contributed by atoms with van der Waals surface area (Å²) < 4.78 is 6.89. The fraction of sp³-hybridized carbons (Fsp3) is 0.667. The molecule has 1 fully saturated rings. The van der Waals surface area contributed by atoms with Crippen molar-refractivity contribution in [3.8, 4) is 0 Å². The first kappa shape index (κ1) is 12.0. The number of nitrogens with zero attached hydrogens (tertiary/aromatic N) is 2. The Hall–Kier alpha value is -1.52. The molecule has 17 heavy (non-hydrogen) atoms. The number of hydrogen-bond acceptors (Lipinski definition) is 4. The monoisotopic (exact) mass is 237 g/mol. The van der Waals surface area contributed by atoms with Crippen LogP contribution in [-0.2, 0) is 11.3 Å².